The van der Waals surface area contributed by atoms with Crippen molar-refractivity contribution in [1.29, 1.82) is 0 Å². The SMILES string of the molecule is O=c1nc(N2CC3CN(Cc4ccccc4)CCC32)sc2c([N+](=O)[O-])cc(C(F)(F)F)cc12. The summed E-state index contributed by atoms with van der Waals surface area (Å²) < 4.78 is 39.4. The number of anilines is 1. The van der Waals surface area contributed by atoms with Crippen LogP contribution in [-0.2, 0) is 12.7 Å². The molecule has 0 N–H and O–H groups in total. The monoisotopic (exact) mass is 476 g/mol. The Morgan fingerprint density at radius 2 is 1.94 bits per heavy atom. The second-order valence-electron chi connectivity index (χ2n) is 8.42. The number of nitro benzene ring substituents is 1. The fourth-order valence-corrected chi connectivity index (χ4v) is 5.84. The molecule has 7 nitrogen and oxygen atoms in total. The lowest BCUT2D eigenvalue weighted by Gasteiger charge is -2.53. The van der Waals surface area contributed by atoms with Crippen LogP contribution in [0.3, 0.4) is 0 Å². The maximum atomic E-state index is 13.2. The Hall–Kier alpha value is -3.05. The zero-order valence-corrected chi connectivity index (χ0v) is 18.1. The molecular weight excluding hydrogens is 457 g/mol. The Morgan fingerprint density at radius 1 is 1.18 bits per heavy atom. The van der Waals surface area contributed by atoms with Gasteiger partial charge in [0.1, 0.15) is 4.70 Å². The first-order chi connectivity index (χ1) is 15.7. The molecule has 0 saturated carbocycles. The third-order valence-electron chi connectivity index (χ3n) is 6.32. The molecular formula is C22H19F3N4O3S. The number of rotatable bonds is 4. The molecule has 5 rings (SSSR count). The van der Waals surface area contributed by atoms with E-state index in [2.05, 4.69) is 22.0 Å². The molecule has 2 fully saturated rings. The summed E-state index contributed by atoms with van der Waals surface area (Å²) in [5, 5.41) is 11.4. The van der Waals surface area contributed by atoms with Crippen molar-refractivity contribution in [3.05, 3.63) is 74.1 Å². The lowest BCUT2D eigenvalue weighted by atomic mass is 9.83. The van der Waals surface area contributed by atoms with Crippen molar-refractivity contribution in [1.82, 2.24) is 9.88 Å². The molecule has 0 radical (unpaired) electrons. The molecule has 2 aliphatic heterocycles. The molecule has 2 aromatic carbocycles. The summed E-state index contributed by atoms with van der Waals surface area (Å²) in [5.41, 5.74) is -1.58. The molecule has 0 aliphatic carbocycles. The lowest BCUT2D eigenvalue weighted by molar-refractivity contribution is -0.383. The maximum Gasteiger partial charge on any atom is 0.416 e. The van der Waals surface area contributed by atoms with E-state index in [4.69, 9.17) is 0 Å². The molecule has 11 heteroatoms. The van der Waals surface area contributed by atoms with Crippen LogP contribution in [0.4, 0.5) is 24.0 Å². The number of aromatic nitrogens is 1. The molecule has 2 atom stereocenters. The van der Waals surface area contributed by atoms with Gasteiger partial charge in [-0.1, -0.05) is 41.7 Å². The van der Waals surface area contributed by atoms with Crippen LogP contribution < -0.4 is 10.5 Å². The molecule has 2 aliphatic rings. The fraction of sp³-hybridized carbons (Fsp3) is 0.364. The second kappa shape index (κ2) is 8.07. The van der Waals surface area contributed by atoms with Crippen LogP contribution in [0.2, 0.25) is 0 Å². The Labute approximate surface area is 190 Å². The summed E-state index contributed by atoms with van der Waals surface area (Å²) in [4.78, 5) is 31.5. The summed E-state index contributed by atoms with van der Waals surface area (Å²) in [5.74, 6) is 0.379. The average Bonchev–Trinajstić information content (AvgIpc) is 2.74. The van der Waals surface area contributed by atoms with Gasteiger partial charge in [-0.2, -0.15) is 18.2 Å². The van der Waals surface area contributed by atoms with Crippen molar-refractivity contribution in [2.45, 2.75) is 25.2 Å². The topological polar surface area (TPSA) is 79.6 Å². The quantitative estimate of drug-likeness (QED) is 0.413. The van der Waals surface area contributed by atoms with Gasteiger partial charge in [0.05, 0.1) is 15.9 Å². The number of hydrogen-bond donors (Lipinski definition) is 0. The van der Waals surface area contributed by atoms with Crippen LogP contribution in [0, 0.1) is 16.0 Å². The number of benzene rings is 2. The largest absolute Gasteiger partial charge is 0.416 e. The van der Waals surface area contributed by atoms with Gasteiger partial charge in [0.2, 0.25) is 0 Å². The molecule has 2 unspecified atom stereocenters. The van der Waals surface area contributed by atoms with Crippen LogP contribution in [0.1, 0.15) is 17.5 Å². The molecule has 2 saturated heterocycles. The number of non-ortho nitro benzene ring substituents is 1. The minimum atomic E-state index is -4.80. The third kappa shape index (κ3) is 4.06. The molecule has 33 heavy (non-hydrogen) atoms. The number of nitrogens with zero attached hydrogens (tertiary/aromatic N) is 4. The molecule has 0 bridgehead atoms. The van der Waals surface area contributed by atoms with Gasteiger partial charge in [-0.05, 0) is 18.1 Å². The highest BCUT2D eigenvalue weighted by Crippen LogP contribution is 2.42. The van der Waals surface area contributed by atoms with E-state index < -0.39 is 27.9 Å². The second-order valence-corrected chi connectivity index (χ2v) is 9.40. The number of hydrogen-bond acceptors (Lipinski definition) is 7. The Balaban J connectivity index is 1.40. The van der Waals surface area contributed by atoms with Crippen molar-refractivity contribution in [3.8, 4) is 0 Å². The smallest absolute Gasteiger partial charge is 0.344 e. The maximum absolute atomic E-state index is 13.2. The number of likely N-dealkylation sites (tertiary alicyclic amines) is 1. The van der Waals surface area contributed by atoms with Crippen molar-refractivity contribution in [2.24, 2.45) is 5.92 Å². The Bertz CT molecular complexity index is 1280. The van der Waals surface area contributed by atoms with E-state index in [1.54, 1.807) is 0 Å². The minimum Gasteiger partial charge on any atom is -0.344 e. The molecule has 3 aromatic rings. The van der Waals surface area contributed by atoms with Crippen LogP contribution >= 0.6 is 11.3 Å². The number of halogens is 3. The van der Waals surface area contributed by atoms with Crippen molar-refractivity contribution >= 4 is 32.2 Å². The Kier molecular flexibility index (Phi) is 5.32. The molecule has 172 valence electrons. The summed E-state index contributed by atoms with van der Waals surface area (Å²) >= 11 is 0.911. The van der Waals surface area contributed by atoms with Gasteiger partial charge in [0, 0.05) is 44.2 Å². The summed E-state index contributed by atoms with van der Waals surface area (Å²) in [6.07, 6.45) is -3.94. The number of nitro groups is 1. The van der Waals surface area contributed by atoms with Crippen LogP contribution in [-0.4, -0.2) is 40.5 Å². The van der Waals surface area contributed by atoms with Gasteiger partial charge in [0.15, 0.2) is 5.13 Å². The standard InChI is InChI=1S/C22H19F3N4O3S/c23-22(24,25)15-8-16-19(18(9-15)29(31)32)33-21(26-20(16)30)28-12-14-11-27(7-6-17(14)28)10-13-4-2-1-3-5-13/h1-5,8-9,14,17H,6-7,10-12H2. The number of fused-ring (bicyclic) bond motifs is 2. The van der Waals surface area contributed by atoms with E-state index in [0.29, 0.717) is 29.7 Å². The summed E-state index contributed by atoms with van der Waals surface area (Å²) in [6, 6.07) is 11.5. The van der Waals surface area contributed by atoms with Gasteiger partial charge in [-0.25, -0.2) is 0 Å². The zero-order chi connectivity index (χ0) is 23.3. The van der Waals surface area contributed by atoms with Gasteiger partial charge < -0.3 is 4.90 Å². The van der Waals surface area contributed by atoms with Gasteiger partial charge in [-0.15, -0.1) is 0 Å². The molecule has 0 spiro atoms. The first-order valence-electron chi connectivity index (χ1n) is 10.4. The number of piperidine rings is 1. The van der Waals surface area contributed by atoms with Gasteiger partial charge in [0.25, 0.3) is 11.2 Å². The van der Waals surface area contributed by atoms with E-state index in [-0.39, 0.29) is 16.1 Å². The summed E-state index contributed by atoms with van der Waals surface area (Å²) in [7, 11) is 0. The highest BCUT2D eigenvalue weighted by Gasteiger charge is 2.44. The van der Waals surface area contributed by atoms with E-state index >= 15 is 0 Å². The summed E-state index contributed by atoms with van der Waals surface area (Å²) in [6.45, 7) is 3.27. The Morgan fingerprint density at radius 3 is 2.61 bits per heavy atom. The highest BCUT2D eigenvalue weighted by atomic mass is 32.1. The predicted octanol–water partition coefficient (Wildman–Crippen LogP) is 4.29. The van der Waals surface area contributed by atoms with E-state index in [1.165, 1.54) is 5.56 Å². The first kappa shape index (κ1) is 21.8. The molecule has 0 amide bonds. The first-order valence-corrected chi connectivity index (χ1v) is 11.3. The van der Waals surface area contributed by atoms with Crippen LogP contribution in [0.5, 0.6) is 0 Å². The highest BCUT2D eigenvalue weighted by molar-refractivity contribution is 7.22. The third-order valence-corrected chi connectivity index (χ3v) is 7.46. The van der Waals surface area contributed by atoms with E-state index in [0.717, 1.165) is 37.4 Å². The van der Waals surface area contributed by atoms with Crippen molar-refractivity contribution in [2.75, 3.05) is 24.5 Å². The molecule has 3 heterocycles. The minimum absolute atomic E-state index is 0.0760. The van der Waals surface area contributed by atoms with Gasteiger partial charge >= 0.3 is 6.18 Å². The average molecular weight is 476 g/mol. The number of alkyl halides is 3. The van der Waals surface area contributed by atoms with Crippen LogP contribution in [0.25, 0.3) is 10.1 Å². The lowest BCUT2D eigenvalue weighted by Crippen LogP contribution is -2.63. The van der Waals surface area contributed by atoms with Crippen molar-refractivity contribution < 1.29 is 18.1 Å². The zero-order valence-electron chi connectivity index (χ0n) is 17.3. The predicted molar refractivity (Wildman–Crippen MR) is 119 cm³/mol. The van der Waals surface area contributed by atoms with Crippen molar-refractivity contribution in [3.63, 3.8) is 0 Å². The van der Waals surface area contributed by atoms with Gasteiger partial charge in [-0.3, -0.25) is 19.8 Å². The van der Waals surface area contributed by atoms with E-state index in [9.17, 15) is 28.1 Å². The fourth-order valence-electron chi connectivity index (χ4n) is 4.70. The normalized spacial score (nSPS) is 21.0. The van der Waals surface area contributed by atoms with Crippen LogP contribution in [0.15, 0.2) is 47.3 Å². The molecule has 1 aromatic heterocycles. The van der Waals surface area contributed by atoms with E-state index in [1.807, 2.05) is 23.1 Å².